The van der Waals surface area contributed by atoms with Crippen LogP contribution in [0, 0.1) is 6.92 Å². The molecule has 0 aliphatic carbocycles. The Balaban J connectivity index is 1.64. The van der Waals surface area contributed by atoms with E-state index in [0.29, 0.717) is 15.9 Å². The Labute approximate surface area is 208 Å². The van der Waals surface area contributed by atoms with Gasteiger partial charge in [-0.2, -0.15) is 13.2 Å². The summed E-state index contributed by atoms with van der Waals surface area (Å²) in [6.07, 6.45) is -3.16. The number of amides is 2. The van der Waals surface area contributed by atoms with Crippen LogP contribution in [-0.4, -0.2) is 32.3 Å². The minimum absolute atomic E-state index is 0.0170. The lowest BCUT2D eigenvalue weighted by molar-refractivity contribution is -0.137. The summed E-state index contributed by atoms with van der Waals surface area (Å²) in [5.74, 6) is -0.508. The predicted octanol–water partition coefficient (Wildman–Crippen LogP) is 5.36. The second-order valence-electron chi connectivity index (χ2n) is 7.40. The number of aromatic nitrogens is 3. The first-order valence-electron chi connectivity index (χ1n) is 10.3. The van der Waals surface area contributed by atoms with Crippen LogP contribution in [0.25, 0.3) is 0 Å². The van der Waals surface area contributed by atoms with Crippen molar-refractivity contribution in [3.8, 4) is 0 Å². The van der Waals surface area contributed by atoms with E-state index in [1.165, 1.54) is 12.1 Å². The third kappa shape index (κ3) is 7.33. The number of hydrogen-bond donors (Lipinski definition) is 2. The summed E-state index contributed by atoms with van der Waals surface area (Å²) in [5.41, 5.74) is 0.610. The molecule has 0 atom stereocenters. The number of rotatable bonds is 9. The third-order valence-corrected chi connectivity index (χ3v) is 5.89. The summed E-state index contributed by atoms with van der Waals surface area (Å²) in [5, 5.41) is 14.3. The molecule has 0 saturated heterocycles. The number of carbonyl (C=O) groups excluding carboxylic acids is 2. The van der Waals surface area contributed by atoms with Gasteiger partial charge in [-0.3, -0.25) is 9.59 Å². The molecule has 3 rings (SSSR count). The van der Waals surface area contributed by atoms with Crippen LogP contribution in [0.3, 0.4) is 0 Å². The summed E-state index contributed by atoms with van der Waals surface area (Å²) in [6.45, 7) is 5.79. The number of carbonyl (C=O) groups is 2. The van der Waals surface area contributed by atoms with Crippen molar-refractivity contribution in [3.05, 3.63) is 77.1 Å². The Morgan fingerprint density at radius 3 is 2.60 bits per heavy atom. The van der Waals surface area contributed by atoms with E-state index in [2.05, 4.69) is 27.4 Å². The summed E-state index contributed by atoms with van der Waals surface area (Å²) >= 11 is 7.06. The molecule has 3 aromatic rings. The molecular formula is C23H21ClF3N5O2S. The number of alkyl halides is 3. The fourth-order valence-corrected chi connectivity index (χ4v) is 4.07. The topological polar surface area (TPSA) is 88.9 Å². The maximum absolute atomic E-state index is 12.9. The summed E-state index contributed by atoms with van der Waals surface area (Å²) in [6, 6.07) is 9.48. The van der Waals surface area contributed by atoms with Crippen LogP contribution in [0.15, 0.2) is 60.3 Å². The van der Waals surface area contributed by atoms with E-state index < -0.39 is 17.6 Å². The van der Waals surface area contributed by atoms with Crippen LogP contribution in [0.2, 0.25) is 5.02 Å². The maximum Gasteiger partial charge on any atom is 0.416 e. The van der Waals surface area contributed by atoms with Gasteiger partial charge in [0.2, 0.25) is 11.8 Å². The van der Waals surface area contributed by atoms with Crippen LogP contribution in [0.1, 0.15) is 17.0 Å². The molecule has 2 N–H and O–H groups in total. The second-order valence-corrected chi connectivity index (χ2v) is 8.78. The van der Waals surface area contributed by atoms with Crippen LogP contribution >= 0.6 is 23.4 Å². The Hall–Kier alpha value is -3.31. The van der Waals surface area contributed by atoms with Gasteiger partial charge in [-0.05, 0) is 48.9 Å². The van der Waals surface area contributed by atoms with Crippen molar-refractivity contribution in [3.63, 3.8) is 0 Å². The van der Waals surface area contributed by atoms with Crippen molar-refractivity contribution in [2.45, 2.75) is 31.2 Å². The molecule has 12 heteroatoms. The summed E-state index contributed by atoms with van der Waals surface area (Å²) < 4.78 is 40.3. The normalized spacial score (nSPS) is 11.2. The molecule has 2 amide bonds. The first-order valence-corrected chi connectivity index (χ1v) is 11.6. The number of hydrogen-bond acceptors (Lipinski definition) is 5. The average molecular weight is 524 g/mol. The zero-order valence-corrected chi connectivity index (χ0v) is 20.1. The molecule has 0 spiro atoms. The van der Waals surface area contributed by atoms with E-state index in [1.54, 1.807) is 28.8 Å². The lowest BCUT2D eigenvalue weighted by atomic mass is 10.2. The Morgan fingerprint density at radius 2 is 1.91 bits per heavy atom. The molecule has 0 saturated carbocycles. The van der Waals surface area contributed by atoms with E-state index in [1.807, 2.05) is 6.92 Å². The third-order valence-electron chi connectivity index (χ3n) is 4.69. The minimum Gasteiger partial charge on any atom is -0.326 e. The number of aryl methyl sites for hydroxylation is 1. The van der Waals surface area contributed by atoms with Gasteiger partial charge in [0.25, 0.3) is 0 Å². The molecule has 184 valence electrons. The number of halogens is 4. The lowest BCUT2D eigenvalue weighted by Crippen LogP contribution is -2.18. The number of thioether (sulfide) groups is 1. The van der Waals surface area contributed by atoms with Gasteiger partial charge in [0.05, 0.1) is 17.7 Å². The van der Waals surface area contributed by atoms with Crippen molar-refractivity contribution in [2.75, 3.05) is 16.4 Å². The average Bonchev–Trinajstić information content (AvgIpc) is 3.15. The molecule has 35 heavy (non-hydrogen) atoms. The van der Waals surface area contributed by atoms with Crippen LogP contribution in [0.5, 0.6) is 0 Å². The van der Waals surface area contributed by atoms with Gasteiger partial charge in [-0.25, -0.2) is 0 Å². The second kappa shape index (κ2) is 11.4. The van der Waals surface area contributed by atoms with Crippen LogP contribution in [-0.2, 0) is 28.7 Å². The summed E-state index contributed by atoms with van der Waals surface area (Å²) in [4.78, 5) is 24.8. The Kier molecular flexibility index (Phi) is 8.57. The molecule has 0 radical (unpaired) electrons. The quantitative estimate of drug-likeness (QED) is 0.291. The smallest absolute Gasteiger partial charge is 0.326 e. The van der Waals surface area contributed by atoms with Crippen molar-refractivity contribution in [1.29, 1.82) is 0 Å². The molecule has 0 unspecified atom stereocenters. The van der Waals surface area contributed by atoms with Crippen LogP contribution < -0.4 is 10.6 Å². The van der Waals surface area contributed by atoms with E-state index >= 15 is 0 Å². The SMILES string of the molecule is C=CCn1c(CC(=O)Nc2cccc(C(F)(F)F)c2)nnc1SCC(=O)Nc1ccc(Cl)cc1C. The number of allylic oxidation sites excluding steroid dienone is 1. The standard InChI is InChI=1S/C23H21ClF3N5O2S/c1-3-9-32-19(12-20(33)28-17-6-4-5-15(11-17)23(25,26)27)30-31-22(32)35-13-21(34)29-18-8-7-16(24)10-14(18)2/h3-8,10-11H,1,9,12-13H2,2H3,(H,28,33)(H,29,34). The fraction of sp³-hybridized carbons (Fsp3) is 0.217. The molecule has 0 fully saturated rings. The Morgan fingerprint density at radius 1 is 1.14 bits per heavy atom. The minimum atomic E-state index is -4.52. The number of benzene rings is 2. The van der Waals surface area contributed by atoms with Crippen molar-refractivity contribution >= 4 is 46.6 Å². The van der Waals surface area contributed by atoms with Gasteiger partial charge in [0, 0.05) is 22.9 Å². The molecule has 0 bridgehead atoms. The highest BCUT2D eigenvalue weighted by molar-refractivity contribution is 7.99. The highest BCUT2D eigenvalue weighted by Crippen LogP contribution is 2.30. The lowest BCUT2D eigenvalue weighted by Gasteiger charge is -2.11. The molecule has 0 aliphatic heterocycles. The van der Waals surface area contributed by atoms with Gasteiger partial charge in [0.1, 0.15) is 5.82 Å². The largest absolute Gasteiger partial charge is 0.416 e. The fourth-order valence-electron chi connectivity index (χ4n) is 3.07. The number of nitrogens with one attached hydrogen (secondary N) is 2. The summed E-state index contributed by atoms with van der Waals surface area (Å²) in [7, 11) is 0. The van der Waals surface area contributed by atoms with Crippen LogP contribution in [0.4, 0.5) is 24.5 Å². The molecule has 0 aliphatic rings. The van der Waals surface area contributed by atoms with Crippen molar-refractivity contribution in [2.24, 2.45) is 0 Å². The first kappa shape index (κ1) is 26.3. The van der Waals surface area contributed by atoms with Gasteiger partial charge in [-0.15, -0.1) is 16.8 Å². The Bertz CT molecular complexity index is 1250. The molecular weight excluding hydrogens is 503 g/mol. The van der Waals surface area contributed by atoms with E-state index in [4.69, 9.17) is 11.6 Å². The highest BCUT2D eigenvalue weighted by Gasteiger charge is 2.30. The van der Waals surface area contributed by atoms with Gasteiger partial charge in [-0.1, -0.05) is 35.5 Å². The monoisotopic (exact) mass is 523 g/mol. The number of nitrogens with zero attached hydrogens (tertiary/aromatic N) is 3. The molecule has 1 aromatic heterocycles. The van der Waals surface area contributed by atoms with E-state index in [9.17, 15) is 22.8 Å². The first-order chi connectivity index (χ1) is 16.6. The predicted molar refractivity (Wildman–Crippen MR) is 130 cm³/mol. The maximum atomic E-state index is 12.9. The van der Waals surface area contributed by atoms with Crippen molar-refractivity contribution in [1.82, 2.24) is 14.8 Å². The molecule has 2 aromatic carbocycles. The zero-order chi connectivity index (χ0) is 25.6. The molecule has 7 nitrogen and oxygen atoms in total. The molecule has 1 heterocycles. The highest BCUT2D eigenvalue weighted by atomic mass is 35.5. The van der Waals surface area contributed by atoms with E-state index in [0.717, 1.165) is 29.5 Å². The van der Waals surface area contributed by atoms with Gasteiger partial charge in [0.15, 0.2) is 5.16 Å². The zero-order valence-electron chi connectivity index (χ0n) is 18.5. The van der Waals surface area contributed by atoms with Gasteiger partial charge < -0.3 is 15.2 Å². The van der Waals surface area contributed by atoms with E-state index in [-0.39, 0.29) is 36.1 Å². The van der Waals surface area contributed by atoms with Crippen molar-refractivity contribution < 1.29 is 22.8 Å². The van der Waals surface area contributed by atoms with Gasteiger partial charge >= 0.3 is 6.18 Å². The number of anilines is 2.